The minimum atomic E-state index is 0.253. The summed E-state index contributed by atoms with van der Waals surface area (Å²) in [6.07, 6.45) is 6.94. The third-order valence-electron chi connectivity index (χ3n) is 5.37. The summed E-state index contributed by atoms with van der Waals surface area (Å²) in [4.78, 5) is 17.6. The van der Waals surface area contributed by atoms with Gasteiger partial charge in [0.05, 0.1) is 23.3 Å². The molecule has 8 nitrogen and oxygen atoms in total. The van der Waals surface area contributed by atoms with Crippen molar-refractivity contribution in [3.05, 3.63) is 109 Å². The number of nitrogens with one attached hydrogen (secondary N) is 1. The molecule has 8 heteroatoms. The van der Waals surface area contributed by atoms with E-state index in [1.54, 1.807) is 42.4 Å². The van der Waals surface area contributed by atoms with E-state index in [9.17, 15) is 5.11 Å². The smallest absolute Gasteiger partial charge is 0.353 e. The molecule has 0 amide bonds. The molecule has 0 saturated heterocycles. The fourth-order valence-electron chi connectivity index (χ4n) is 3.65. The number of phenols is 1. The van der Waals surface area contributed by atoms with Gasteiger partial charge in [0.25, 0.3) is 0 Å². The summed E-state index contributed by atoms with van der Waals surface area (Å²) in [7, 11) is 0. The molecule has 0 bridgehead atoms. The summed E-state index contributed by atoms with van der Waals surface area (Å²) in [6.45, 7) is 1.93. The van der Waals surface area contributed by atoms with E-state index < -0.39 is 0 Å². The summed E-state index contributed by atoms with van der Waals surface area (Å²) >= 11 is 0. The first-order valence-corrected chi connectivity index (χ1v) is 11.4. The number of hydrogen-bond donors (Lipinski definition) is 3. The van der Waals surface area contributed by atoms with Crippen molar-refractivity contribution in [2.24, 2.45) is 5.10 Å². The summed E-state index contributed by atoms with van der Waals surface area (Å²) in [5.41, 5.74) is 8.73. The lowest BCUT2D eigenvalue weighted by Gasteiger charge is -2.08. The van der Waals surface area contributed by atoms with Crippen LogP contribution in [0.4, 0.5) is 17.3 Å². The quantitative estimate of drug-likeness (QED) is 0.181. The molecule has 0 saturated carbocycles. The highest BCUT2D eigenvalue weighted by atomic mass is 16.3. The van der Waals surface area contributed by atoms with Crippen LogP contribution in [0.25, 0.3) is 22.4 Å². The lowest BCUT2D eigenvalue weighted by Crippen LogP contribution is -2.72. The lowest BCUT2D eigenvalue weighted by atomic mass is 10.1. The lowest BCUT2D eigenvalue weighted by molar-refractivity contribution is -0.584. The van der Waals surface area contributed by atoms with E-state index in [1.807, 2.05) is 73.7 Å². The molecule has 0 aliphatic heterocycles. The van der Waals surface area contributed by atoms with Gasteiger partial charge < -0.3 is 10.4 Å². The number of aromatic hydroxyl groups is 1. The predicted octanol–water partition coefficient (Wildman–Crippen LogP) is 4.59. The van der Waals surface area contributed by atoms with E-state index in [1.165, 1.54) is 0 Å². The van der Waals surface area contributed by atoms with Gasteiger partial charge in [-0.3, -0.25) is 9.97 Å². The van der Waals surface area contributed by atoms with Crippen LogP contribution in [0.2, 0.25) is 0 Å². The Kier molecular flexibility index (Phi) is 6.68. The van der Waals surface area contributed by atoms with E-state index in [0.29, 0.717) is 5.95 Å². The van der Waals surface area contributed by atoms with Gasteiger partial charge in [0.2, 0.25) is 0 Å². The molecule has 0 spiro atoms. The van der Waals surface area contributed by atoms with E-state index >= 15 is 0 Å². The van der Waals surface area contributed by atoms with Gasteiger partial charge >= 0.3 is 5.95 Å². The van der Waals surface area contributed by atoms with E-state index in [0.717, 1.165) is 45.1 Å². The number of nitrogens with two attached hydrogens (primary N) is 1. The zero-order valence-corrected chi connectivity index (χ0v) is 19.6. The molecule has 5 rings (SSSR count). The van der Waals surface area contributed by atoms with Crippen LogP contribution >= 0.6 is 0 Å². The number of phenolic OH excluding ortho intramolecular Hbond substituents is 1. The van der Waals surface area contributed by atoms with Crippen LogP contribution < -0.4 is 10.7 Å². The third kappa shape index (κ3) is 5.75. The SMILES string of the molecule is Cc1cc(-c2cccnc2)nc([NH2+]/N=C/c2ccc(Nc3ccc(-c4cccc(O)c4)cc3)cn2)n1. The first kappa shape index (κ1) is 22.8. The van der Waals surface area contributed by atoms with Crippen LogP contribution in [0.3, 0.4) is 0 Å². The van der Waals surface area contributed by atoms with Gasteiger partial charge in [0.15, 0.2) is 0 Å². The molecule has 2 aromatic carbocycles. The summed E-state index contributed by atoms with van der Waals surface area (Å²) in [5, 5.41) is 17.4. The normalized spacial score (nSPS) is 11.0. The highest BCUT2D eigenvalue weighted by Crippen LogP contribution is 2.25. The molecule has 5 aromatic rings. The monoisotopic (exact) mass is 474 g/mol. The topological polar surface area (TPSA) is 113 Å². The number of pyridine rings is 2. The number of aromatic nitrogens is 4. The van der Waals surface area contributed by atoms with Gasteiger partial charge in [-0.2, -0.15) is 15.4 Å². The number of aryl methyl sites for hydroxylation is 1. The Balaban J connectivity index is 1.20. The molecule has 0 radical (unpaired) electrons. The Morgan fingerprint density at radius 2 is 1.67 bits per heavy atom. The fourth-order valence-corrected chi connectivity index (χ4v) is 3.65. The van der Waals surface area contributed by atoms with Crippen molar-refractivity contribution < 1.29 is 10.5 Å². The van der Waals surface area contributed by atoms with Crippen molar-refractivity contribution in [2.45, 2.75) is 6.92 Å². The number of rotatable bonds is 7. The second-order valence-corrected chi connectivity index (χ2v) is 8.13. The van der Waals surface area contributed by atoms with Crippen LogP contribution in [0, 0.1) is 6.92 Å². The average molecular weight is 475 g/mol. The maximum atomic E-state index is 9.68. The van der Waals surface area contributed by atoms with Gasteiger partial charge in [0.1, 0.15) is 12.0 Å². The van der Waals surface area contributed by atoms with Gasteiger partial charge in [-0.25, -0.2) is 0 Å². The first-order valence-electron chi connectivity index (χ1n) is 11.4. The molecular weight excluding hydrogens is 450 g/mol. The Morgan fingerprint density at radius 1 is 0.833 bits per heavy atom. The van der Waals surface area contributed by atoms with E-state index in [4.69, 9.17) is 0 Å². The number of hydrogen-bond acceptors (Lipinski definition) is 7. The van der Waals surface area contributed by atoms with Crippen LogP contribution in [-0.2, 0) is 0 Å². The molecule has 176 valence electrons. The number of anilines is 2. The van der Waals surface area contributed by atoms with Crippen molar-refractivity contribution in [1.82, 2.24) is 19.9 Å². The molecule has 3 aromatic heterocycles. The zero-order valence-electron chi connectivity index (χ0n) is 19.6. The second-order valence-electron chi connectivity index (χ2n) is 8.13. The van der Waals surface area contributed by atoms with Gasteiger partial charge in [-0.15, -0.1) is 0 Å². The van der Waals surface area contributed by atoms with Gasteiger partial charge in [-0.05, 0) is 72.6 Å². The van der Waals surface area contributed by atoms with Crippen molar-refractivity contribution in [1.29, 1.82) is 0 Å². The molecule has 0 unspecified atom stereocenters. The molecule has 0 fully saturated rings. The minimum absolute atomic E-state index is 0.253. The molecular formula is C28H24N7O+. The predicted molar refractivity (Wildman–Crippen MR) is 140 cm³/mol. The molecule has 0 aliphatic rings. The van der Waals surface area contributed by atoms with Crippen LogP contribution in [0.5, 0.6) is 5.75 Å². The van der Waals surface area contributed by atoms with Crippen LogP contribution in [0.15, 0.2) is 103 Å². The van der Waals surface area contributed by atoms with Gasteiger partial charge in [-0.1, -0.05) is 29.4 Å². The van der Waals surface area contributed by atoms with Crippen LogP contribution in [-0.4, -0.2) is 31.3 Å². The van der Waals surface area contributed by atoms with Crippen LogP contribution in [0.1, 0.15) is 11.4 Å². The largest absolute Gasteiger partial charge is 0.508 e. The standard InChI is InChI=1S/C28H23N7O/c1-19-14-27(22-5-3-13-29-16-22)34-28(32-19)35-31-18-24-11-12-25(17-30-24)33-23-9-7-20(8-10-23)21-4-2-6-26(36)15-21/h2-18,33,36H,1H3,(H,32,34,35)/p+1/b31-18+. The maximum absolute atomic E-state index is 9.68. The van der Waals surface area contributed by atoms with Crippen molar-refractivity contribution >= 4 is 23.5 Å². The summed E-state index contributed by atoms with van der Waals surface area (Å²) in [5.74, 6) is 0.778. The Morgan fingerprint density at radius 3 is 2.42 bits per heavy atom. The van der Waals surface area contributed by atoms with Crippen molar-refractivity contribution in [3.8, 4) is 28.1 Å². The van der Waals surface area contributed by atoms with E-state index in [2.05, 4.69) is 30.4 Å². The number of nitrogens with zero attached hydrogens (tertiary/aromatic N) is 5. The molecule has 4 N–H and O–H groups in total. The fraction of sp³-hybridized carbons (Fsp3) is 0.0357. The highest BCUT2D eigenvalue weighted by Gasteiger charge is 2.07. The van der Waals surface area contributed by atoms with Crippen molar-refractivity contribution in [2.75, 3.05) is 5.32 Å². The Hall–Kier alpha value is -4.95. The number of quaternary nitrogens is 1. The molecule has 0 atom stereocenters. The Labute approximate surface area is 208 Å². The van der Waals surface area contributed by atoms with E-state index in [-0.39, 0.29) is 5.75 Å². The average Bonchev–Trinajstić information content (AvgIpc) is 2.90. The third-order valence-corrected chi connectivity index (χ3v) is 5.37. The van der Waals surface area contributed by atoms with Gasteiger partial charge in [0, 0.05) is 29.3 Å². The Bertz CT molecular complexity index is 1490. The summed E-state index contributed by atoms with van der Waals surface area (Å²) < 4.78 is 0. The highest BCUT2D eigenvalue weighted by molar-refractivity contribution is 5.77. The minimum Gasteiger partial charge on any atom is -0.508 e. The van der Waals surface area contributed by atoms with Crippen molar-refractivity contribution in [3.63, 3.8) is 0 Å². The maximum Gasteiger partial charge on any atom is 0.353 e. The second kappa shape index (κ2) is 10.5. The molecule has 3 heterocycles. The molecule has 36 heavy (non-hydrogen) atoms. The number of benzene rings is 2. The first-order chi connectivity index (χ1) is 17.6. The zero-order chi connectivity index (χ0) is 24.7. The summed E-state index contributed by atoms with van der Waals surface area (Å²) in [6, 6.07) is 24.8. The molecule has 0 aliphatic carbocycles.